The zero-order valence-electron chi connectivity index (χ0n) is 13.7. The van der Waals surface area contributed by atoms with Gasteiger partial charge < -0.3 is 19.9 Å². The third-order valence-electron chi connectivity index (χ3n) is 3.67. The highest BCUT2D eigenvalue weighted by Crippen LogP contribution is 2.18. The standard InChI is InChI=1S/C15H28N4O2/c1-5-6-7-16-13-17-10-12-11-18(8-9-19(12)13)14(20)21-15(2,3)4/h12H,5-11H2,1-4H3,(H,16,17). The maximum absolute atomic E-state index is 12.1. The number of ether oxygens (including phenoxy) is 1. The SMILES string of the molecule is CCCCNC1=NCC2CN(C(=O)OC(C)(C)C)CCN12. The third kappa shape index (κ3) is 4.25. The number of hydrogen-bond donors (Lipinski definition) is 1. The van der Waals surface area contributed by atoms with Crippen molar-refractivity contribution in [1.82, 2.24) is 15.1 Å². The summed E-state index contributed by atoms with van der Waals surface area (Å²) in [6.45, 7) is 11.8. The van der Waals surface area contributed by atoms with Crippen molar-refractivity contribution in [2.24, 2.45) is 4.99 Å². The second-order valence-electron chi connectivity index (χ2n) is 6.72. The number of rotatable bonds is 3. The highest BCUT2D eigenvalue weighted by atomic mass is 16.6. The van der Waals surface area contributed by atoms with Gasteiger partial charge in [-0.15, -0.1) is 0 Å². The second-order valence-corrected chi connectivity index (χ2v) is 6.72. The second kappa shape index (κ2) is 6.54. The minimum absolute atomic E-state index is 0.213. The molecule has 1 unspecified atom stereocenters. The normalized spacial score (nSPS) is 21.9. The Morgan fingerprint density at radius 1 is 1.43 bits per heavy atom. The first-order chi connectivity index (χ1) is 9.90. The predicted molar refractivity (Wildman–Crippen MR) is 83.5 cm³/mol. The number of fused-ring (bicyclic) bond motifs is 1. The van der Waals surface area contributed by atoms with E-state index in [9.17, 15) is 4.79 Å². The van der Waals surface area contributed by atoms with Crippen LogP contribution >= 0.6 is 0 Å². The molecule has 6 nitrogen and oxygen atoms in total. The van der Waals surface area contributed by atoms with Crippen LogP contribution in [0.15, 0.2) is 4.99 Å². The van der Waals surface area contributed by atoms with Gasteiger partial charge in [-0.2, -0.15) is 0 Å². The number of aliphatic imine (C=N–C) groups is 1. The van der Waals surface area contributed by atoms with E-state index in [0.717, 1.165) is 32.0 Å². The molecule has 21 heavy (non-hydrogen) atoms. The van der Waals surface area contributed by atoms with Crippen LogP contribution in [0, 0.1) is 0 Å². The van der Waals surface area contributed by atoms with Crippen LogP contribution in [-0.2, 0) is 4.74 Å². The van der Waals surface area contributed by atoms with Crippen LogP contribution < -0.4 is 5.32 Å². The van der Waals surface area contributed by atoms with Gasteiger partial charge in [-0.25, -0.2) is 4.79 Å². The molecule has 1 amide bonds. The summed E-state index contributed by atoms with van der Waals surface area (Å²) in [4.78, 5) is 20.8. The van der Waals surface area contributed by atoms with Crippen molar-refractivity contribution < 1.29 is 9.53 Å². The molecule has 1 fully saturated rings. The Bertz CT molecular complexity index is 403. The Labute approximate surface area is 127 Å². The number of carbonyl (C=O) groups is 1. The van der Waals surface area contributed by atoms with Gasteiger partial charge in [-0.3, -0.25) is 4.99 Å². The van der Waals surface area contributed by atoms with Crippen molar-refractivity contribution in [2.45, 2.75) is 52.2 Å². The fourth-order valence-corrected chi connectivity index (χ4v) is 2.60. The number of nitrogens with one attached hydrogen (secondary N) is 1. The van der Waals surface area contributed by atoms with Gasteiger partial charge in [-0.05, 0) is 27.2 Å². The summed E-state index contributed by atoms with van der Waals surface area (Å²) in [7, 11) is 0. The zero-order valence-corrected chi connectivity index (χ0v) is 13.7. The van der Waals surface area contributed by atoms with Gasteiger partial charge in [-0.1, -0.05) is 13.3 Å². The number of guanidine groups is 1. The molecule has 1 saturated heterocycles. The topological polar surface area (TPSA) is 57.2 Å². The molecule has 0 aromatic carbocycles. The lowest BCUT2D eigenvalue weighted by molar-refractivity contribution is 0.0137. The number of amides is 1. The Balaban J connectivity index is 1.83. The van der Waals surface area contributed by atoms with Gasteiger partial charge in [0.15, 0.2) is 5.96 Å². The average molecular weight is 296 g/mol. The summed E-state index contributed by atoms with van der Waals surface area (Å²) in [5.41, 5.74) is -0.437. The van der Waals surface area contributed by atoms with Gasteiger partial charge in [0.2, 0.25) is 0 Å². The van der Waals surface area contributed by atoms with Crippen LogP contribution in [0.25, 0.3) is 0 Å². The molecule has 0 bridgehead atoms. The van der Waals surface area contributed by atoms with E-state index in [-0.39, 0.29) is 12.1 Å². The molecule has 2 aliphatic heterocycles. The zero-order chi connectivity index (χ0) is 15.5. The summed E-state index contributed by atoms with van der Waals surface area (Å²) < 4.78 is 5.45. The molecular weight excluding hydrogens is 268 g/mol. The summed E-state index contributed by atoms with van der Waals surface area (Å²) in [6.07, 6.45) is 2.12. The third-order valence-corrected chi connectivity index (χ3v) is 3.67. The Morgan fingerprint density at radius 3 is 2.86 bits per heavy atom. The molecule has 0 aliphatic carbocycles. The lowest BCUT2D eigenvalue weighted by Gasteiger charge is -2.39. The van der Waals surface area contributed by atoms with Crippen molar-refractivity contribution in [2.75, 3.05) is 32.7 Å². The van der Waals surface area contributed by atoms with Crippen molar-refractivity contribution >= 4 is 12.1 Å². The molecule has 1 N–H and O–H groups in total. The van der Waals surface area contributed by atoms with Gasteiger partial charge in [0.05, 0.1) is 12.6 Å². The molecule has 0 saturated carbocycles. The van der Waals surface area contributed by atoms with E-state index >= 15 is 0 Å². The van der Waals surface area contributed by atoms with E-state index in [2.05, 4.69) is 22.1 Å². The van der Waals surface area contributed by atoms with Crippen LogP contribution in [-0.4, -0.2) is 66.2 Å². The molecule has 2 aliphatic rings. The molecule has 2 rings (SSSR count). The van der Waals surface area contributed by atoms with Crippen LogP contribution in [0.2, 0.25) is 0 Å². The molecule has 0 aromatic heterocycles. The Morgan fingerprint density at radius 2 is 2.19 bits per heavy atom. The molecule has 0 radical (unpaired) electrons. The number of piperazine rings is 1. The van der Waals surface area contributed by atoms with Gasteiger partial charge in [0.25, 0.3) is 0 Å². The van der Waals surface area contributed by atoms with Crippen molar-refractivity contribution in [3.63, 3.8) is 0 Å². The fraction of sp³-hybridized carbons (Fsp3) is 0.867. The van der Waals surface area contributed by atoms with E-state index in [1.807, 2.05) is 20.8 Å². The first kappa shape index (κ1) is 15.9. The fourth-order valence-electron chi connectivity index (χ4n) is 2.60. The summed E-state index contributed by atoms with van der Waals surface area (Å²) in [6, 6.07) is 0.287. The highest BCUT2D eigenvalue weighted by molar-refractivity contribution is 5.82. The lowest BCUT2D eigenvalue weighted by Crippen LogP contribution is -2.57. The highest BCUT2D eigenvalue weighted by Gasteiger charge is 2.36. The van der Waals surface area contributed by atoms with Crippen LogP contribution in [0.3, 0.4) is 0 Å². The molecule has 6 heteroatoms. The monoisotopic (exact) mass is 296 g/mol. The quantitative estimate of drug-likeness (QED) is 0.805. The van der Waals surface area contributed by atoms with E-state index in [4.69, 9.17) is 4.74 Å². The smallest absolute Gasteiger partial charge is 0.410 e. The van der Waals surface area contributed by atoms with Crippen molar-refractivity contribution in [3.8, 4) is 0 Å². The Kier molecular flexibility index (Phi) is 4.96. The molecule has 1 atom stereocenters. The molecule has 0 spiro atoms. The van der Waals surface area contributed by atoms with Crippen LogP contribution in [0.1, 0.15) is 40.5 Å². The predicted octanol–water partition coefficient (Wildman–Crippen LogP) is 1.67. The summed E-state index contributed by atoms with van der Waals surface area (Å²) >= 11 is 0. The maximum Gasteiger partial charge on any atom is 0.410 e. The van der Waals surface area contributed by atoms with Gasteiger partial charge >= 0.3 is 6.09 Å². The number of hydrogen-bond acceptors (Lipinski definition) is 5. The molecule has 2 heterocycles. The maximum atomic E-state index is 12.1. The van der Waals surface area contributed by atoms with Crippen molar-refractivity contribution in [3.05, 3.63) is 0 Å². The minimum atomic E-state index is -0.437. The van der Waals surface area contributed by atoms with E-state index in [1.54, 1.807) is 4.90 Å². The first-order valence-corrected chi connectivity index (χ1v) is 7.93. The van der Waals surface area contributed by atoms with Crippen LogP contribution in [0.5, 0.6) is 0 Å². The van der Waals surface area contributed by atoms with E-state index < -0.39 is 5.60 Å². The van der Waals surface area contributed by atoms with Crippen molar-refractivity contribution in [1.29, 1.82) is 0 Å². The lowest BCUT2D eigenvalue weighted by atomic mass is 10.2. The largest absolute Gasteiger partial charge is 0.444 e. The van der Waals surface area contributed by atoms with Gasteiger partial charge in [0, 0.05) is 26.2 Å². The van der Waals surface area contributed by atoms with E-state index in [0.29, 0.717) is 13.1 Å². The van der Waals surface area contributed by atoms with E-state index in [1.165, 1.54) is 6.42 Å². The minimum Gasteiger partial charge on any atom is -0.444 e. The molecular formula is C15H28N4O2. The molecule has 120 valence electrons. The average Bonchev–Trinajstić information content (AvgIpc) is 2.80. The number of unbranched alkanes of at least 4 members (excludes halogenated alkanes) is 1. The number of nitrogens with zero attached hydrogens (tertiary/aromatic N) is 3. The van der Waals surface area contributed by atoms with Gasteiger partial charge in [0.1, 0.15) is 5.60 Å². The summed E-state index contributed by atoms with van der Waals surface area (Å²) in [5.74, 6) is 0.997. The van der Waals surface area contributed by atoms with Crippen LogP contribution in [0.4, 0.5) is 4.79 Å². The molecule has 0 aromatic rings. The Hall–Kier alpha value is -1.46. The summed E-state index contributed by atoms with van der Waals surface area (Å²) in [5, 5.41) is 3.41. The number of carbonyl (C=O) groups excluding carboxylic acids is 1. The first-order valence-electron chi connectivity index (χ1n) is 7.93.